The maximum atomic E-state index is 10.0. The number of aliphatic hydroxyl groups is 3. The molecule has 0 saturated carbocycles. The first-order chi connectivity index (χ1) is 9.60. The molecule has 5 nitrogen and oxygen atoms in total. The Balaban J connectivity index is 1.80. The smallest absolute Gasteiger partial charge is 0.159 e. The lowest BCUT2D eigenvalue weighted by Crippen LogP contribution is -2.41. The lowest BCUT2D eigenvalue weighted by atomic mass is 10.0. The fourth-order valence-electron chi connectivity index (χ4n) is 2.77. The van der Waals surface area contributed by atoms with Gasteiger partial charge in [-0.2, -0.15) is 0 Å². The highest BCUT2D eigenvalue weighted by Gasteiger charge is 2.44. The average Bonchev–Trinajstić information content (AvgIpc) is 2.74. The molecule has 2 aliphatic rings. The average molecular weight is 277 g/mol. The van der Waals surface area contributed by atoms with Crippen molar-refractivity contribution in [2.24, 2.45) is 0 Å². The molecule has 0 spiro atoms. The Morgan fingerprint density at radius 2 is 2.10 bits per heavy atom. The third-order valence-corrected chi connectivity index (χ3v) is 3.94. The number of hydrogen-bond acceptors (Lipinski definition) is 5. The molecule has 0 aromatic heterocycles. The van der Waals surface area contributed by atoms with Crippen LogP contribution in [-0.4, -0.2) is 51.4 Å². The molecule has 1 saturated heterocycles. The molecule has 1 aromatic carbocycles. The molecule has 0 amide bonds. The van der Waals surface area contributed by atoms with Crippen LogP contribution in [0.1, 0.15) is 16.7 Å². The molecule has 3 N–H and O–H groups in total. The molecule has 4 atom stereocenters. The Morgan fingerprint density at radius 3 is 2.80 bits per heavy atom. The largest absolute Gasteiger partial charge is 0.394 e. The minimum absolute atomic E-state index is 0.304. The quantitative estimate of drug-likeness (QED) is 0.721. The summed E-state index contributed by atoms with van der Waals surface area (Å²) in [4.78, 5) is 1.85. The van der Waals surface area contributed by atoms with Gasteiger partial charge in [-0.05, 0) is 24.1 Å². The van der Waals surface area contributed by atoms with Crippen molar-refractivity contribution in [3.63, 3.8) is 0 Å². The first-order valence-electron chi connectivity index (χ1n) is 6.76. The highest BCUT2D eigenvalue weighted by molar-refractivity contribution is 5.56. The van der Waals surface area contributed by atoms with Crippen LogP contribution in [0.2, 0.25) is 0 Å². The molecule has 0 bridgehead atoms. The van der Waals surface area contributed by atoms with Gasteiger partial charge >= 0.3 is 0 Å². The number of rotatable bonds is 2. The normalized spacial score (nSPS) is 32.5. The molecule has 5 heteroatoms. The lowest BCUT2D eigenvalue weighted by molar-refractivity contribution is -0.0826. The second-order valence-corrected chi connectivity index (χ2v) is 5.42. The third kappa shape index (κ3) is 2.23. The van der Waals surface area contributed by atoms with Crippen LogP contribution in [0.25, 0.3) is 6.08 Å². The van der Waals surface area contributed by atoms with Crippen LogP contribution in [0.3, 0.4) is 0 Å². The molecule has 1 fully saturated rings. The Hall–Kier alpha value is -1.40. The van der Waals surface area contributed by atoms with E-state index < -0.39 is 24.5 Å². The van der Waals surface area contributed by atoms with Crippen LogP contribution in [0.4, 0.5) is 0 Å². The molecule has 108 valence electrons. The van der Waals surface area contributed by atoms with Gasteiger partial charge in [-0.1, -0.05) is 23.8 Å². The Morgan fingerprint density at radius 1 is 1.30 bits per heavy atom. The summed E-state index contributed by atoms with van der Waals surface area (Å²) < 4.78 is 5.54. The van der Waals surface area contributed by atoms with Crippen LogP contribution < -0.4 is 0 Å². The highest BCUT2D eigenvalue weighted by Crippen LogP contribution is 2.29. The van der Waals surface area contributed by atoms with Gasteiger partial charge < -0.3 is 25.0 Å². The summed E-state index contributed by atoms with van der Waals surface area (Å²) in [6, 6.07) is 6.22. The summed E-state index contributed by atoms with van der Waals surface area (Å²) in [5, 5.41) is 29.0. The zero-order chi connectivity index (χ0) is 14.3. The monoisotopic (exact) mass is 277 g/mol. The molecule has 1 aromatic rings. The van der Waals surface area contributed by atoms with Crippen molar-refractivity contribution in [1.82, 2.24) is 4.90 Å². The number of aliphatic hydroxyl groups excluding tert-OH is 3. The zero-order valence-electron chi connectivity index (χ0n) is 11.3. The van der Waals surface area contributed by atoms with Gasteiger partial charge in [0.1, 0.15) is 18.3 Å². The van der Waals surface area contributed by atoms with Gasteiger partial charge in [0.25, 0.3) is 0 Å². The number of ether oxygens (including phenoxy) is 1. The van der Waals surface area contributed by atoms with Gasteiger partial charge in [0.2, 0.25) is 0 Å². The van der Waals surface area contributed by atoms with E-state index >= 15 is 0 Å². The van der Waals surface area contributed by atoms with Crippen molar-refractivity contribution >= 4 is 6.08 Å². The van der Waals surface area contributed by atoms with Gasteiger partial charge in [-0.3, -0.25) is 0 Å². The fraction of sp³-hybridized carbons (Fsp3) is 0.467. The lowest BCUT2D eigenvalue weighted by Gasteiger charge is -2.32. The molecule has 20 heavy (non-hydrogen) atoms. The van der Waals surface area contributed by atoms with Crippen molar-refractivity contribution in [2.45, 2.75) is 38.0 Å². The third-order valence-electron chi connectivity index (χ3n) is 3.94. The zero-order valence-corrected chi connectivity index (χ0v) is 11.3. The molecule has 0 aliphatic carbocycles. The fourth-order valence-corrected chi connectivity index (χ4v) is 2.77. The van der Waals surface area contributed by atoms with Crippen molar-refractivity contribution in [2.75, 3.05) is 6.61 Å². The van der Waals surface area contributed by atoms with E-state index in [0.717, 1.165) is 11.1 Å². The topological polar surface area (TPSA) is 73.2 Å². The number of fused-ring (bicyclic) bond motifs is 1. The van der Waals surface area contributed by atoms with E-state index in [2.05, 4.69) is 12.1 Å². The molecule has 3 rings (SSSR count). The standard InChI is InChI=1S/C15H19NO4/c1-9-2-3-11-7-16(5-4-10(11)6-9)15-14(19)13(18)12(8-17)20-15/h2-6,12-15,17-19H,7-8H2,1H3/t12-,13?,14?,15-/m1/s1. The first-order valence-corrected chi connectivity index (χ1v) is 6.76. The summed E-state index contributed by atoms with van der Waals surface area (Å²) in [7, 11) is 0. The van der Waals surface area contributed by atoms with E-state index in [1.54, 1.807) is 0 Å². The van der Waals surface area contributed by atoms with Gasteiger partial charge in [0, 0.05) is 12.7 Å². The van der Waals surface area contributed by atoms with E-state index in [9.17, 15) is 10.2 Å². The van der Waals surface area contributed by atoms with E-state index in [4.69, 9.17) is 9.84 Å². The second kappa shape index (κ2) is 5.18. The predicted molar refractivity (Wildman–Crippen MR) is 73.5 cm³/mol. The van der Waals surface area contributed by atoms with E-state index in [1.165, 1.54) is 5.56 Å². The highest BCUT2D eigenvalue weighted by atomic mass is 16.6. The summed E-state index contributed by atoms with van der Waals surface area (Å²) in [5.74, 6) is 0. The number of nitrogens with zero attached hydrogens (tertiary/aromatic N) is 1. The van der Waals surface area contributed by atoms with Gasteiger partial charge in [-0.15, -0.1) is 0 Å². The van der Waals surface area contributed by atoms with Crippen LogP contribution >= 0.6 is 0 Å². The van der Waals surface area contributed by atoms with Crippen molar-refractivity contribution in [3.05, 3.63) is 41.1 Å². The molecule has 2 heterocycles. The number of hydrogen-bond donors (Lipinski definition) is 3. The Bertz CT molecular complexity index is 531. The summed E-state index contributed by atoms with van der Waals surface area (Å²) in [6.45, 7) is 2.35. The minimum Gasteiger partial charge on any atom is -0.394 e. The molecule has 2 aliphatic heterocycles. The van der Waals surface area contributed by atoms with Crippen LogP contribution in [0.15, 0.2) is 24.4 Å². The minimum atomic E-state index is -1.06. The maximum absolute atomic E-state index is 10.0. The van der Waals surface area contributed by atoms with Crippen LogP contribution in [0.5, 0.6) is 0 Å². The van der Waals surface area contributed by atoms with Crippen LogP contribution in [-0.2, 0) is 11.3 Å². The van der Waals surface area contributed by atoms with Crippen molar-refractivity contribution in [1.29, 1.82) is 0 Å². The molecular formula is C15H19NO4. The number of benzene rings is 1. The molecular weight excluding hydrogens is 258 g/mol. The van der Waals surface area contributed by atoms with Gasteiger partial charge in [0.05, 0.1) is 6.61 Å². The van der Waals surface area contributed by atoms with Crippen LogP contribution in [0, 0.1) is 6.92 Å². The van der Waals surface area contributed by atoms with Crippen molar-refractivity contribution < 1.29 is 20.1 Å². The maximum Gasteiger partial charge on any atom is 0.159 e. The summed E-state index contributed by atoms with van der Waals surface area (Å²) in [6.07, 6.45) is 0.389. The van der Waals surface area contributed by atoms with Gasteiger partial charge in [-0.25, -0.2) is 0 Å². The Labute approximate surface area is 117 Å². The summed E-state index contributed by atoms with van der Waals surface area (Å²) >= 11 is 0. The predicted octanol–water partition coefficient (Wildman–Crippen LogP) is 0.220. The van der Waals surface area contributed by atoms with E-state index in [0.29, 0.717) is 6.54 Å². The van der Waals surface area contributed by atoms with Crippen molar-refractivity contribution in [3.8, 4) is 0 Å². The summed E-state index contributed by atoms with van der Waals surface area (Å²) in [5.41, 5.74) is 3.51. The number of aryl methyl sites for hydroxylation is 1. The SMILES string of the molecule is Cc1ccc2c(c1)C=CN([C@@H]1O[C@H](CO)C(O)C1O)C2. The first kappa shape index (κ1) is 13.6. The van der Waals surface area contributed by atoms with E-state index in [1.807, 2.05) is 30.2 Å². The Kier molecular flexibility index (Phi) is 3.52. The van der Waals surface area contributed by atoms with E-state index in [-0.39, 0.29) is 6.61 Å². The molecule has 0 radical (unpaired) electrons. The molecule has 2 unspecified atom stereocenters. The van der Waals surface area contributed by atoms with Gasteiger partial charge in [0.15, 0.2) is 6.23 Å². The second-order valence-electron chi connectivity index (χ2n) is 5.42.